The fourth-order valence-electron chi connectivity index (χ4n) is 7.77. The normalized spacial score (nSPS) is 18.3. The average Bonchev–Trinajstić information content (AvgIpc) is 3.72. The maximum atomic E-state index is 13.3. The Labute approximate surface area is 327 Å². The van der Waals surface area contributed by atoms with Crippen molar-refractivity contribution >= 4 is 40.3 Å². The number of nitrogens with one attached hydrogen (secondary N) is 4. The summed E-state index contributed by atoms with van der Waals surface area (Å²) < 4.78 is 5.25. The van der Waals surface area contributed by atoms with Crippen LogP contribution in [0.4, 0.5) is 0 Å². The van der Waals surface area contributed by atoms with Crippen LogP contribution in [0.25, 0.3) is 22.7 Å². The summed E-state index contributed by atoms with van der Waals surface area (Å²) in [7, 11) is 1.41. The number of esters is 1. The standard InChI is InChI=1S/C44H65N7O4/c1-12-33-30(9)37-22-32(21-27(6)52)47-36(26(4)5)24-39-31(10)34(15-16-41(53)46-18-17-45-19-20-51(13-2)14-3)44(50-39)35(23-42(54)55-11)43-29(8)28(7)38(49-43)25-40(33)48-37/h21-22,24-25,30-31,33-34,45,47,49H,12-20,23H2,1-11H3,(H,46,53)/b32-21+,37-22?,38-25?,39-24?,43-35?/t30-,31+,33?,34?/m1/s1. The Bertz CT molecular complexity index is 2020. The molecule has 300 valence electrons. The minimum Gasteiger partial charge on any atom is -0.469 e. The molecule has 4 N–H and O–H groups in total. The number of carbonyl (C=O) groups is 3. The van der Waals surface area contributed by atoms with Gasteiger partial charge in [-0.25, -0.2) is 0 Å². The van der Waals surface area contributed by atoms with E-state index in [1.807, 2.05) is 26.0 Å². The molecule has 0 saturated heterocycles. The quantitative estimate of drug-likeness (QED) is 0.135. The first-order valence-corrected chi connectivity index (χ1v) is 20.2. The first-order chi connectivity index (χ1) is 26.2. The Hall–Kier alpha value is -4.35. The molecule has 6 bridgehead atoms. The van der Waals surface area contributed by atoms with Gasteiger partial charge in [0.05, 0.1) is 19.2 Å². The van der Waals surface area contributed by atoms with Crippen LogP contribution >= 0.6 is 0 Å². The predicted molar refractivity (Wildman–Crippen MR) is 222 cm³/mol. The van der Waals surface area contributed by atoms with Crippen molar-refractivity contribution in [2.45, 2.75) is 119 Å². The Balaban J connectivity index is 1.92. The lowest BCUT2D eigenvalue weighted by molar-refractivity contribution is -0.139. The number of aromatic amines is 2. The second-order valence-electron chi connectivity index (χ2n) is 15.3. The molecule has 0 aromatic carbocycles. The molecule has 2 aromatic heterocycles. The Morgan fingerprint density at radius 2 is 1.56 bits per heavy atom. The summed E-state index contributed by atoms with van der Waals surface area (Å²) in [4.78, 5) is 59.0. The molecule has 55 heavy (non-hydrogen) atoms. The number of amides is 1. The van der Waals surface area contributed by atoms with E-state index in [-0.39, 0.29) is 47.8 Å². The third kappa shape index (κ3) is 10.9. The Morgan fingerprint density at radius 1 is 0.873 bits per heavy atom. The van der Waals surface area contributed by atoms with E-state index in [4.69, 9.17) is 14.7 Å². The van der Waals surface area contributed by atoms with Gasteiger partial charge in [0.2, 0.25) is 5.91 Å². The zero-order chi connectivity index (χ0) is 40.4. The van der Waals surface area contributed by atoms with Crippen LogP contribution in [0.1, 0.15) is 138 Å². The predicted octanol–water partition coefficient (Wildman–Crippen LogP) is 5.63. The van der Waals surface area contributed by atoms with Crippen molar-refractivity contribution in [3.8, 4) is 0 Å². The van der Waals surface area contributed by atoms with Gasteiger partial charge in [-0.05, 0) is 89.9 Å². The number of aryl methyl sites for hydroxylation is 2. The number of ether oxygens (including phenoxy) is 1. The summed E-state index contributed by atoms with van der Waals surface area (Å²) in [6, 6.07) is 6.18. The zero-order valence-electron chi connectivity index (χ0n) is 35.2. The van der Waals surface area contributed by atoms with Crippen molar-refractivity contribution < 1.29 is 19.1 Å². The van der Waals surface area contributed by atoms with Crippen LogP contribution in [0.2, 0.25) is 0 Å². The van der Waals surface area contributed by atoms with Gasteiger partial charge in [0.25, 0.3) is 0 Å². The van der Waals surface area contributed by atoms with Crippen LogP contribution in [0.15, 0.2) is 18.2 Å². The molecule has 2 aliphatic rings. The van der Waals surface area contributed by atoms with Gasteiger partial charge < -0.3 is 30.2 Å². The van der Waals surface area contributed by atoms with E-state index in [1.54, 1.807) is 13.0 Å². The SMILES string of the molecule is CCC1c2cc3[nH]c(c(C)c3C)c(CC(=O)OC)c3nc(cc(=C(C)C)[nH]/c(=C/C(C)=O)cc(n2)[C@@H]1C)[C@@H](C)C3CCC(=O)NCCNCCN(CC)CC. The molecule has 2 unspecified atom stereocenters. The second kappa shape index (κ2) is 20.0. The van der Waals surface area contributed by atoms with Crippen LogP contribution in [-0.2, 0) is 25.5 Å². The van der Waals surface area contributed by atoms with Crippen molar-refractivity contribution in [1.82, 2.24) is 35.5 Å². The number of Topliss-reactive ketones (excluding diaryl/α,β-unsaturated/α-hetero) is 1. The molecule has 4 atom stereocenters. The van der Waals surface area contributed by atoms with E-state index < -0.39 is 0 Å². The molecule has 2 aliphatic heterocycles. The Kier molecular flexibility index (Phi) is 15.8. The molecule has 0 spiro atoms. The number of likely N-dealkylation sites (N-methyl/N-ethyl adjacent to an activating group) is 1. The van der Waals surface area contributed by atoms with E-state index in [9.17, 15) is 14.4 Å². The molecule has 2 aromatic rings. The van der Waals surface area contributed by atoms with E-state index >= 15 is 0 Å². The minimum absolute atomic E-state index is 0.0135. The van der Waals surface area contributed by atoms with Crippen molar-refractivity contribution in [1.29, 1.82) is 0 Å². The minimum atomic E-state index is -0.361. The number of carbonyl (C=O) groups excluding carboxylic acids is 3. The molecule has 4 rings (SSSR count). The highest BCUT2D eigenvalue weighted by molar-refractivity contribution is 6.03. The van der Waals surface area contributed by atoms with Crippen LogP contribution in [0.3, 0.4) is 0 Å². The number of aromatic nitrogens is 4. The molecule has 0 aliphatic carbocycles. The number of hydrogen-bond donors (Lipinski definition) is 4. The molecule has 1 amide bonds. The van der Waals surface area contributed by atoms with Gasteiger partial charge in [0.15, 0.2) is 5.78 Å². The molecule has 11 nitrogen and oxygen atoms in total. The van der Waals surface area contributed by atoms with Crippen LogP contribution in [0, 0.1) is 13.8 Å². The summed E-state index contributed by atoms with van der Waals surface area (Å²) >= 11 is 0. The van der Waals surface area contributed by atoms with Gasteiger partial charge in [-0.1, -0.05) is 40.2 Å². The zero-order valence-corrected chi connectivity index (χ0v) is 35.2. The monoisotopic (exact) mass is 756 g/mol. The highest BCUT2D eigenvalue weighted by Crippen LogP contribution is 2.42. The summed E-state index contributed by atoms with van der Waals surface area (Å²) in [6.45, 7) is 25.7. The number of fused-ring (bicyclic) bond motifs is 6. The van der Waals surface area contributed by atoms with Gasteiger partial charge in [-0.3, -0.25) is 24.4 Å². The van der Waals surface area contributed by atoms with Crippen LogP contribution < -0.4 is 21.3 Å². The first kappa shape index (κ1) is 43.4. The van der Waals surface area contributed by atoms with Crippen molar-refractivity contribution in [3.05, 3.63) is 68.4 Å². The third-order valence-electron chi connectivity index (χ3n) is 11.4. The number of methoxy groups -OCH3 is 1. The second-order valence-corrected chi connectivity index (χ2v) is 15.3. The molecule has 11 heteroatoms. The van der Waals surface area contributed by atoms with Gasteiger partial charge >= 0.3 is 5.97 Å². The highest BCUT2D eigenvalue weighted by Gasteiger charge is 2.33. The van der Waals surface area contributed by atoms with E-state index in [0.717, 1.165) is 94.0 Å². The van der Waals surface area contributed by atoms with Crippen molar-refractivity contribution in [2.75, 3.05) is 46.4 Å². The summed E-state index contributed by atoms with van der Waals surface area (Å²) in [5, 5.41) is 8.01. The lowest BCUT2D eigenvalue weighted by Crippen LogP contribution is -2.36. The van der Waals surface area contributed by atoms with Crippen molar-refractivity contribution in [2.24, 2.45) is 0 Å². The fourth-order valence-corrected chi connectivity index (χ4v) is 7.77. The summed E-state index contributed by atoms with van der Waals surface area (Å²) in [5.74, 6) is -0.331. The third-order valence-corrected chi connectivity index (χ3v) is 11.4. The number of H-pyrrole nitrogens is 2. The Morgan fingerprint density at radius 3 is 2.20 bits per heavy atom. The van der Waals surface area contributed by atoms with E-state index in [2.05, 4.69) is 80.0 Å². The summed E-state index contributed by atoms with van der Waals surface area (Å²) in [5.41, 5.74) is 9.17. The number of nitrogens with zero attached hydrogens (tertiary/aromatic N) is 3. The number of rotatable bonds is 15. The fraction of sp³-hybridized carbons (Fsp3) is 0.568. The van der Waals surface area contributed by atoms with Crippen molar-refractivity contribution in [3.63, 3.8) is 0 Å². The number of hydrogen-bond acceptors (Lipinski definition) is 8. The maximum Gasteiger partial charge on any atom is 0.310 e. The van der Waals surface area contributed by atoms with Crippen LogP contribution in [0.5, 0.6) is 0 Å². The van der Waals surface area contributed by atoms with Gasteiger partial charge in [0, 0.05) is 107 Å². The van der Waals surface area contributed by atoms with Gasteiger partial charge in [0.1, 0.15) is 0 Å². The molecule has 4 heterocycles. The van der Waals surface area contributed by atoms with E-state index in [0.29, 0.717) is 31.3 Å². The van der Waals surface area contributed by atoms with Gasteiger partial charge in [-0.15, -0.1) is 0 Å². The topological polar surface area (TPSA) is 145 Å². The first-order valence-electron chi connectivity index (χ1n) is 20.2. The molecule has 0 radical (unpaired) electrons. The molecular weight excluding hydrogens is 691 g/mol. The average molecular weight is 756 g/mol. The van der Waals surface area contributed by atoms with Crippen LogP contribution in [-0.4, -0.2) is 88.9 Å². The smallest absolute Gasteiger partial charge is 0.310 e. The molecule has 0 fully saturated rings. The maximum absolute atomic E-state index is 13.3. The molecular formula is C44H65N7O4. The number of ketones is 1. The molecule has 0 saturated carbocycles. The highest BCUT2D eigenvalue weighted by atomic mass is 16.5. The lowest BCUT2D eigenvalue weighted by Gasteiger charge is -2.19. The summed E-state index contributed by atoms with van der Waals surface area (Å²) in [6.07, 6.45) is 3.41. The van der Waals surface area contributed by atoms with E-state index in [1.165, 1.54) is 7.11 Å². The lowest BCUT2D eigenvalue weighted by atomic mass is 9.85. The van der Waals surface area contributed by atoms with Gasteiger partial charge in [-0.2, -0.15) is 0 Å². The largest absolute Gasteiger partial charge is 0.469 e.